The van der Waals surface area contributed by atoms with Crippen molar-refractivity contribution in [1.82, 2.24) is 20.5 Å². The van der Waals surface area contributed by atoms with Gasteiger partial charge in [0.05, 0.1) is 13.2 Å². The van der Waals surface area contributed by atoms with Crippen LogP contribution in [-0.2, 0) is 23.9 Å². The molecule has 1 aromatic heterocycles. The van der Waals surface area contributed by atoms with E-state index in [0.717, 1.165) is 0 Å². The first-order valence-corrected chi connectivity index (χ1v) is 14.3. The van der Waals surface area contributed by atoms with Gasteiger partial charge in [-0.15, -0.1) is 0 Å². The number of nitrogens with one attached hydrogen (secondary N) is 3. The number of imide groups is 1. The van der Waals surface area contributed by atoms with Crippen LogP contribution in [0.2, 0.25) is 0 Å². The van der Waals surface area contributed by atoms with Crippen LogP contribution in [-0.4, -0.2) is 88.7 Å². The van der Waals surface area contributed by atoms with Crippen LogP contribution < -0.4 is 15.4 Å². The number of likely N-dealkylation sites (tertiary alicyclic amines) is 1. The Morgan fingerprint density at radius 3 is 2.41 bits per heavy atom. The average molecular weight is 617 g/mol. The van der Waals surface area contributed by atoms with Crippen molar-refractivity contribution in [3.8, 4) is 5.75 Å². The number of H-pyrrole nitrogens is 1. The van der Waals surface area contributed by atoms with Gasteiger partial charge >= 0.3 is 12.2 Å². The molecule has 1 aromatic carbocycles. The Morgan fingerprint density at radius 1 is 1.11 bits per heavy atom. The van der Waals surface area contributed by atoms with E-state index in [1.165, 1.54) is 7.11 Å². The minimum Gasteiger partial charge on any atom is -0.496 e. The number of hydrogen-bond donors (Lipinski definition) is 4. The second-order valence-electron chi connectivity index (χ2n) is 12.0. The van der Waals surface area contributed by atoms with Gasteiger partial charge in [0, 0.05) is 23.4 Å². The maximum atomic E-state index is 13.6. The first kappa shape index (κ1) is 33.9. The molecule has 240 valence electrons. The van der Waals surface area contributed by atoms with Gasteiger partial charge in [0.15, 0.2) is 12.4 Å². The maximum absolute atomic E-state index is 13.6. The summed E-state index contributed by atoms with van der Waals surface area (Å²) >= 11 is 0. The third-order valence-electron chi connectivity index (χ3n) is 6.91. The summed E-state index contributed by atoms with van der Waals surface area (Å²) in [6.07, 6.45) is -2.37. The molecule has 0 spiro atoms. The summed E-state index contributed by atoms with van der Waals surface area (Å²) in [5, 5.41) is 15.3. The van der Waals surface area contributed by atoms with Gasteiger partial charge in [-0.05, 0) is 64.2 Å². The molecule has 3 rings (SSSR count). The van der Waals surface area contributed by atoms with E-state index in [4.69, 9.17) is 14.2 Å². The van der Waals surface area contributed by atoms with Gasteiger partial charge in [0.2, 0.25) is 11.8 Å². The second kappa shape index (κ2) is 14.2. The standard InChI is InChI=1S/C30H40N4O10/c1-16(2)12-21(33-26(37)22-14-18-19(31-22)8-7-9-24(18)42-6)25(36)32-20(13-17-10-11-34(27(17)38)28(39)40)23(35)15-43-29(41)44-30(3,4)5/h7-9,14,16-17,20-21,31H,10-13,15H2,1-6H3,(H,32,36)(H,33,37)(H,39,40)/t17-,20?,21?/m0/s1. The van der Waals surface area contributed by atoms with Crippen molar-refractivity contribution in [2.24, 2.45) is 11.8 Å². The van der Waals surface area contributed by atoms with E-state index < -0.39 is 66.0 Å². The predicted octanol–water partition coefficient (Wildman–Crippen LogP) is 3.24. The second-order valence-corrected chi connectivity index (χ2v) is 12.0. The number of amides is 4. The number of ketones is 1. The first-order chi connectivity index (χ1) is 20.6. The highest BCUT2D eigenvalue weighted by Gasteiger charge is 2.39. The highest BCUT2D eigenvalue weighted by atomic mass is 16.7. The molecule has 14 nitrogen and oxygen atoms in total. The number of nitrogens with zero attached hydrogens (tertiary/aromatic N) is 1. The fourth-order valence-corrected chi connectivity index (χ4v) is 4.85. The van der Waals surface area contributed by atoms with Crippen LogP contribution in [0, 0.1) is 11.8 Å². The summed E-state index contributed by atoms with van der Waals surface area (Å²) < 4.78 is 15.4. The molecule has 4 N–H and O–H groups in total. The summed E-state index contributed by atoms with van der Waals surface area (Å²) in [6, 6.07) is 4.50. The van der Waals surface area contributed by atoms with Gasteiger partial charge in [-0.3, -0.25) is 19.2 Å². The number of rotatable bonds is 12. The highest BCUT2D eigenvalue weighted by molar-refractivity contribution is 6.02. The fraction of sp³-hybridized carbons (Fsp3) is 0.533. The summed E-state index contributed by atoms with van der Waals surface area (Å²) in [5.41, 5.74) is -0.0238. The zero-order valence-electron chi connectivity index (χ0n) is 25.7. The quantitative estimate of drug-likeness (QED) is 0.257. The minimum absolute atomic E-state index is 0.0426. The van der Waals surface area contributed by atoms with E-state index in [9.17, 15) is 33.9 Å². The van der Waals surface area contributed by atoms with E-state index >= 15 is 0 Å². The van der Waals surface area contributed by atoms with Gasteiger partial charge in [-0.25, -0.2) is 14.5 Å². The number of methoxy groups -OCH3 is 1. The molecule has 2 unspecified atom stereocenters. The average Bonchev–Trinajstić information content (AvgIpc) is 3.53. The number of hydrogen-bond acceptors (Lipinski definition) is 9. The molecule has 44 heavy (non-hydrogen) atoms. The molecule has 4 amide bonds. The van der Waals surface area contributed by atoms with Gasteiger partial charge < -0.3 is 34.9 Å². The van der Waals surface area contributed by atoms with Crippen LogP contribution in [0.25, 0.3) is 10.9 Å². The van der Waals surface area contributed by atoms with Crippen LogP contribution in [0.3, 0.4) is 0 Å². The molecule has 1 aliphatic rings. The maximum Gasteiger partial charge on any atom is 0.509 e. The molecule has 0 radical (unpaired) electrons. The lowest BCUT2D eigenvalue weighted by Gasteiger charge is -2.25. The number of aromatic nitrogens is 1. The van der Waals surface area contributed by atoms with Crippen LogP contribution in [0.4, 0.5) is 9.59 Å². The molecule has 2 aromatic rings. The van der Waals surface area contributed by atoms with Crippen LogP contribution in [0.15, 0.2) is 24.3 Å². The number of aromatic amines is 1. The summed E-state index contributed by atoms with van der Waals surface area (Å²) in [4.78, 5) is 79.8. The number of fused-ring (bicyclic) bond motifs is 1. The molecule has 1 saturated heterocycles. The zero-order chi connectivity index (χ0) is 32.8. The Hall–Kier alpha value is -4.62. The lowest BCUT2D eigenvalue weighted by molar-refractivity contribution is -0.133. The van der Waals surface area contributed by atoms with Crippen molar-refractivity contribution in [2.45, 2.75) is 71.6 Å². The molecule has 2 heterocycles. The summed E-state index contributed by atoms with van der Waals surface area (Å²) in [7, 11) is 1.51. The molecular weight excluding hydrogens is 576 g/mol. The van der Waals surface area contributed by atoms with Crippen molar-refractivity contribution < 1.29 is 48.1 Å². The Kier molecular flexibility index (Phi) is 11.0. The molecular formula is C30H40N4O10. The number of ether oxygens (including phenoxy) is 3. The third-order valence-corrected chi connectivity index (χ3v) is 6.91. The van der Waals surface area contributed by atoms with E-state index in [1.54, 1.807) is 45.0 Å². The number of carboxylic acid groups (broad SMARTS) is 1. The van der Waals surface area contributed by atoms with Crippen molar-refractivity contribution >= 4 is 46.7 Å². The Balaban J connectivity index is 1.79. The van der Waals surface area contributed by atoms with Gasteiger partial charge in [-0.1, -0.05) is 19.9 Å². The monoisotopic (exact) mass is 616 g/mol. The van der Waals surface area contributed by atoms with Crippen molar-refractivity contribution in [3.63, 3.8) is 0 Å². The van der Waals surface area contributed by atoms with Crippen molar-refractivity contribution in [3.05, 3.63) is 30.0 Å². The van der Waals surface area contributed by atoms with Crippen LogP contribution in [0.5, 0.6) is 5.75 Å². The van der Waals surface area contributed by atoms with Gasteiger partial charge in [0.1, 0.15) is 23.1 Å². The minimum atomic E-state index is -1.41. The van der Waals surface area contributed by atoms with Crippen LogP contribution in [0.1, 0.15) is 64.4 Å². The smallest absolute Gasteiger partial charge is 0.496 e. The highest BCUT2D eigenvalue weighted by Crippen LogP contribution is 2.26. The van der Waals surface area contributed by atoms with Gasteiger partial charge in [-0.2, -0.15) is 0 Å². The fourth-order valence-electron chi connectivity index (χ4n) is 4.85. The molecule has 14 heteroatoms. The van der Waals surface area contributed by atoms with E-state index in [2.05, 4.69) is 15.6 Å². The number of Topliss-reactive ketones (excluding diaryl/α,β-unsaturated/α-hetero) is 1. The summed E-state index contributed by atoms with van der Waals surface area (Å²) in [5.74, 6) is -3.05. The largest absolute Gasteiger partial charge is 0.509 e. The van der Waals surface area contributed by atoms with Gasteiger partial charge in [0.25, 0.3) is 5.91 Å². The number of benzene rings is 1. The van der Waals surface area contributed by atoms with Crippen molar-refractivity contribution in [2.75, 3.05) is 20.3 Å². The molecule has 1 aliphatic heterocycles. The zero-order valence-corrected chi connectivity index (χ0v) is 25.7. The Morgan fingerprint density at radius 2 is 1.82 bits per heavy atom. The Bertz CT molecular complexity index is 1410. The molecule has 3 atom stereocenters. The first-order valence-electron chi connectivity index (χ1n) is 14.3. The number of carbonyl (C=O) groups is 6. The topological polar surface area (TPSA) is 193 Å². The molecule has 0 bridgehead atoms. The van der Waals surface area contributed by atoms with E-state index in [-0.39, 0.29) is 37.4 Å². The molecule has 1 fully saturated rings. The lowest BCUT2D eigenvalue weighted by Crippen LogP contribution is -2.53. The predicted molar refractivity (Wildman–Crippen MR) is 157 cm³/mol. The van der Waals surface area contributed by atoms with E-state index in [0.29, 0.717) is 21.6 Å². The molecule has 0 aliphatic carbocycles. The number of carbonyl (C=O) groups excluding carboxylic acids is 5. The normalized spacial score (nSPS) is 16.4. The Labute approximate surface area is 254 Å². The molecule has 0 saturated carbocycles. The summed E-state index contributed by atoms with van der Waals surface area (Å²) in [6.45, 7) is 7.76. The van der Waals surface area contributed by atoms with E-state index in [1.807, 2.05) is 13.8 Å². The third kappa shape index (κ3) is 8.94. The van der Waals surface area contributed by atoms with Crippen molar-refractivity contribution in [1.29, 1.82) is 0 Å². The lowest BCUT2D eigenvalue weighted by atomic mass is 9.95. The van der Waals surface area contributed by atoms with Crippen LogP contribution >= 0.6 is 0 Å². The SMILES string of the molecule is COc1cccc2[nH]c(C(=O)NC(CC(C)C)C(=O)NC(C[C@@H]3CCN(C(=O)O)C3=O)C(=O)COC(=O)OC(C)(C)C)cc12.